The fourth-order valence-electron chi connectivity index (χ4n) is 3.12. The number of amides is 1. The van der Waals surface area contributed by atoms with Gasteiger partial charge in [-0.1, -0.05) is 24.3 Å². The number of rotatable bonds is 4. The highest BCUT2D eigenvalue weighted by molar-refractivity contribution is 5.78. The zero-order valence-corrected chi connectivity index (χ0v) is 12.0. The molecule has 21 heavy (non-hydrogen) atoms. The molecule has 0 radical (unpaired) electrons. The summed E-state index contributed by atoms with van der Waals surface area (Å²) in [7, 11) is 0. The molecular formula is C16H22N2O3. The maximum atomic E-state index is 12.0. The lowest BCUT2D eigenvalue weighted by Gasteiger charge is -2.23. The molecule has 1 saturated heterocycles. The van der Waals surface area contributed by atoms with Crippen molar-refractivity contribution < 1.29 is 14.6 Å². The minimum atomic E-state index is -0.551. The number of carbonyl (C=O) groups excluding carboxylic acids is 1. The van der Waals surface area contributed by atoms with Gasteiger partial charge in [0.15, 0.2) is 0 Å². The van der Waals surface area contributed by atoms with Crippen molar-refractivity contribution in [2.24, 2.45) is 0 Å². The molecule has 1 heterocycles. The number of ether oxygens (including phenoxy) is 1. The van der Waals surface area contributed by atoms with Gasteiger partial charge in [0.05, 0.1) is 18.2 Å². The molecule has 1 aliphatic carbocycles. The second-order valence-electron chi connectivity index (χ2n) is 5.78. The van der Waals surface area contributed by atoms with Gasteiger partial charge < -0.3 is 20.5 Å². The van der Waals surface area contributed by atoms with Crippen molar-refractivity contribution in [3.63, 3.8) is 0 Å². The maximum Gasteiger partial charge on any atom is 0.246 e. The summed E-state index contributed by atoms with van der Waals surface area (Å²) in [4.78, 5) is 12.0. The van der Waals surface area contributed by atoms with Crippen molar-refractivity contribution in [2.75, 3.05) is 19.7 Å². The number of aliphatic hydroxyl groups excluding tert-OH is 1. The van der Waals surface area contributed by atoms with E-state index in [4.69, 9.17) is 4.74 Å². The average molecular weight is 290 g/mol. The lowest BCUT2D eigenvalue weighted by Crippen LogP contribution is -2.38. The van der Waals surface area contributed by atoms with Crippen LogP contribution in [0.3, 0.4) is 0 Å². The van der Waals surface area contributed by atoms with Crippen molar-refractivity contribution in [2.45, 2.75) is 37.5 Å². The molecule has 0 bridgehead atoms. The summed E-state index contributed by atoms with van der Waals surface area (Å²) in [5.74, 6) is -0.158. The second-order valence-corrected chi connectivity index (χ2v) is 5.78. The van der Waals surface area contributed by atoms with Crippen LogP contribution in [0.15, 0.2) is 24.3 Å². The number of nitrogens with one attached hydrogen (secondary N) is 2. The van der Waals surface area contributed by atoms with E-state index in [0.717, 1.165) is 37.1 Å². The highest BCUT2D eigenvalue weighted by Crippen LogP contribution is 2.31. The van der Waals surface area contributed by atoms with Crippen molar-refractivity contribution in [1.29, 1.82) is 0 Å². The standard InChI is InChI=1S/C16H22N2O3/c19-14-9-11-3-1-2-4-13(11)16(14)18-15(20)10-21-12-5-7-17-8-6-12/h1-4,12,14,16-17,19H,5-10H2,(H,18,20)/t14-,16+/m0/s1. The van der Waals surface area contributed by atoms with Crippen LogP contribution in [0.5, 0.6) is 0 Å². The summed E-state index contributed by atoms with van der Waals surface area (Å²) in [6, 6.07) is 7.53. The Kier molecular flexibility index (Phi) is 4.53. The van der Waals surface area contributed by atoms with E-state index in [0.29, 0.717) is 6.42 Å². The fourth-order valence-corrected chi connectivity index (χ4v) is 3.12. The lowest BCUT2D eigenvalue weighted by molar-refractivity contribution is -0.129. The first-order valence-electron chi connectivity index (χ1n) is 7.61. The summed E-state index contributed by atoms with van der Waals surface area (Å²) in [6.45, 7) is 1.96. The van der Waals surface area contributed by atoms with Crippen LogP contribution in [0.2, 0.25) is 0 Å². The van der Waals surface area contributed by atoms with Crippen LogP contribution in [0.25, 0.3) is 0 Å². The first-order valence-corrected chi connectivity index (χ1v) is 7.61. The molecule has 114 valence electrons. The molecule has 1 amide bonds. The van der Waals surface area contributed by atoms with Crippen LogP contribution in [-0.4, -0.2) is 42.9 Å². The first-order chi connectivity index (χ1) is 10.2. The zero-order valence-electron chi connectivity index (χ0n) is 12.0. The number of hydrogen-bond acceptors (Lipinski definition) is 4. The van der Waals surface area contributed by atoms with E-state index in [1.807, 2.05) is 24.3 Å². The van der Waals surface area contributed by atoms with E-state index >= 15 is 0 Å². The maximum absolute atomic E-state index is 12.0. The molecule has 1 aromatic carbocycles. The Balaban J connectivity index is 1.52. The monoisotopic (exact) mass is 290 g/mol. The van der Waals surface area contributed by atoms with Crippen molar-refractivity contribution in [1.82, 2.24) is 10.6 Å². The predicted octanol–water partition coefficient (Wildman–Crippen LogP) is 0.529. The lowest BCUT2D eigenvalue weighted by atomic mass is 10.1. The van der Waals surface area contributed by atoms with Gasteiger partial charge in [0.1, 0.15) is 6.61 Å². The summed E-state index contributed by atoms with van der Waals surface area (Å²) in [5.41, 5.74) is 2.12. The van der Waals surface area contributed by atoms with Gasteiger partial charge in [-0.15, -0.1) is 0 Å². The van der Waals surface area contributed by atoms with Gasteiger partial charge in [-0.25, -0.2) is 0 Å². The normalized spacial score (nSPS) is 25.6. The molecule has 2 atom stereocenters. The van der Waals surface area contributed by atoms with Gasteiger partial charge in [-0.05, 0) is 37.1 Å². The van der Waals surface area contributed by atoms with Crippen LogP contribution >= 0.6 is 0 Å². The Labute approximate surface area is 124 Å². The molecule has 0 aromatic heterocycles. The number of benzene rings is 1. The van der Waals surface area contributed by atoms with Gasteiger partial charge in [0, 0.05) is 6.42 Å². The van der Waals surface area contributed by atoms with E-state index in [-0.39, 0.29) is 24.7 Å². The third kappa shape index (κ3) is 3.43. The van der Waals surface area contributed by atoms with Crippen LogP contribution < -0.4 is 10.6 Å². The summed E-state index contributed by atoms with van der Waals surface area (Å²) in [6.07, 6.45) is 2.10. The molecule has 1 aliphatic heterocycles. The number of piperidine rings is 1. The topological polar surface area (TPSA) is 70.6 Å². The van der Waals surface area contributed by atoms with E-state index in [9.17, 15) is 9.90 Å². The summed E-state index contributed by atoms with van der Waals surface area (Å²) < 4.78 is 5.64. The quantitative estimate of drug-likeness (QED) is 0.756. The number of aliphatic hydroxyl groups is 1. The number of fused-ring (bicyclic) bond motifs is 1. The number of hydrogen-bond donors (Lipinski definition) is 3. The third-order valence-corrected chi connectivity index (χ3v) is 4.26. The second kappa shape index (κ2) is 6.56. The molecule has 3 rings (SSSR count). The van der Waals surface area contributed by atoms with Crippen molar-refractivity contribution in [3.05, 3.63) is 35.4 Å². The molecule has 1 aromatic rings. The van der Waals surface area contributed by atoms with Gasteiger partial charge in [-0.3, -0.25) is 4.79 Å². The molecule has 1 fully saturated rings. The van der Waals surface area contributed by atoms with Gasteiger partial charge in [0.2, 0.25) is 5.91 Å². The average Bonchev–Trinajstić information content (AvgIpc) is 2.82. The smallest absolute Gasteiger partial charge is 0.246 e. The van der Waals surface area contributed by atoms with E-state index in [1.54, 1.807) is 0 Å². The van der Waals surface area contributed by atoms with Gasteiger partial charge in [-0.2, -0.15) is 0 Å². The first kappa shape index (κ1) is 14.5. The molecule has 2 aliphatic rings. The Bertz CT molecular complexity index is 500. The Hall–Kier alpha value is -1.43. The van der Waals surface area contributed by atoms with E-state index < -0.39 is 6.10 Å². The Morgan fingerprint density at radius 2 is 2.10 bits per heavy atom. The summed E-state index contributed by atoms with van der Waals surface area (Å²) in [5, 5.41) is 16.3. The molecule has 0 unspecified atom stereocenters. The molecule has 5 nitrogen and oxygen atoms in total. The highest BCUT2D eigenvalue weighted by Gasteiger charge is 2.31. The molecule has 0 spiro atoms. The molecule has 0 saturated carbocycles. The minimum Gasteiger partial charge on any atom is -0.390 e. The molecule has 5 heteroatoms. The molecule has 3 N–H and O–H groups in total. The van der Waals surface area contributed by atoms with E-state index in [1.165, 1.54) is 0 Å². The zero-order chi connectivity index (χ0) is 14.7. The Morgan fingerprint density at radius 3 is 2.90 bits per heavy atom. The number of carbonyl (C=O) groups is 1. The van der Waals surface area contributed by atoms with E-state index in [2.05, 4.69) is 10.6 Å². The van der Waals surface area contributed by atoms with Crippen LogP contribution in [-0.2, 0) is 16.0 Å². The summed E-state index contributed by atoms with van der Waals surface area (Å²) >= 11 is 0. The van der Waals surface area contributed by atoms with Crippen LogP contribution in [0.1, 0.15) is 30.0 Å². The highest BCUT2D eigenvalue weighted by atomic mass is 16.5. The van der Waals surface area contributed by atoms with Gasteiger partial charge >= 0.3 is 0 Å². The predicted molar refractivity (Wildman–Crippen MR) is 78.9 cm³/mol. The SMILES string of the molecule is O=C(COC1CCNCC1)N[C@@H]1c2ccccc2C[C@@H]1O. The fraction of sp³-hybridized carbons (Fsp3) is 0.562. The third-order valence-electron chi connectivity index (χ3n) is 4.26. The van der Waals surface area contributed by atoms with Crippen LogP contribution in [0.4, 0.5) is 0 Å². The minimum absolute atomic E-state index is 0.0655. The van der Waals surface area contributed by atoms with Gasteiger partial charge in [0.25, 0.3) is 0 Å². The molecular weight excluding hydrogens is 268 g/mol. The van der Waals surface area contributed by atoms with Crippen molar-refractivity contribution >= 4 is 5.91 Å². The van der Waals surface area contributed by atoms with Crippen LogP contribution in [0, 0.1) is 0 Å². The largest absolute Gasteiger partial charge is 0.390 e. The van der Waals surface area contributed by atoms with Crippen molar-refractivity contribution in [3.8, 4) is 0 Å². The Morgan fingerprint density at radius 1 is 1.33 bits per heavy atom.